The average Bonchev–Trinajstić information content (AvgIpc) is 2.97. The van der Waals surface area contributed by atoms with E-state index in [9.17, 15) is 19.5 Å². The summed E-state index contributed by atoms with van der Waals surface area (Å²) >= 11 is 0. The summed E-state index contributed by atoms with van der Waals surface area (Å²) < 4.78 is 21.8. The van der Waals surface area contributed by atoms with Gasteiger partial charge < -0.3 is 40.0 Å². The Morgan fingerprint density at radius 1 is 0.935 bits per heavy atom. The Morgan fingerprint density at radius 3 is 2.20 bits per heavy atom. The molecule has 0 aliphatic heterocycles. The Morgan fingerprint density at radius 2 is 1.63 bits per heavy atom. The predicted octanol–water partition coefficient (Wildman–Crippen LogP) is 5.34. The Kier molecular flexibility index (Phi) is 18.7. The van der Waals surface area contributed by atoms with Crippen LogP contribution in [0.15, 0.2) is 18.2 Å². The highest BCUT2D eigenvalue weighted by molar-refractivity contribution is 5.97. The van der Waals surface area contributed by atoms with Gasteiger partial charge in [-0.2, -0.15) is 0 Å². The van der Waals surface area contributed by atoms with Crippen molar-refractivity contribution >= 4 is 17.9 Å². The molecule has 0 saturated carbocycles. The highest BCUT2D eigenvalue weighted by atomic mass is 16.6. The molecule has 11 nitrogen and oxygen atoms in total. The number of rotatable bonds is 21. The monoisotopic (exact) mass is 651 g/mol. The summed E-state index contributed by atoms with van der Waals surface area (Å²) in [6.07, 6.45) is 1.35. The molecule has 0 aliphatic rings. The van der Waals surface area contributed by atoms with Crippen molar-refractivity contribution < 1.29 is 38.4 Å². The van der Waals surface area contributed by atoms with Crippen molar-refractivity contribution in [3.63, 3.8) is 0 Å². The molecule has 11 heteroatoms. The second-order valence-electron chi connectivity index (χ2n) is 13.6. The molecule has 0 spiro atoms. The number of unbranched alkanes of at least 4 members (excludes halogenated alkanes) is 1. The van der Waals surface area contributed by atoms with Gasteiger partial charge in [0.15, 0.2) is 0 Å². The number of methoxy groups -OCH3 is 2. The maximum absolute atomic E-state index is 13.4. The van der Waals surface area contributed by atoms with Gasteiger partial charge in [0.2, 0.25) is 5.91 Å². The summed E-state index contributed by atoms with van der Waals surface area (Å²) in [6, 6.07) is 4.34. The minimum absolute atomic E-state index is 0.0194. The third-order valence-corrected chi connectivity index (χ3v) is 7.84. The lowest BCUT2D eigenvalue weighted by Gasteiger charge is -2.33. The number of benzene rings is 1. The van der Waals surface area contributed by atoms with Crippen LogP contribution in [0, 0.1) is 23.7 Å². The zero-order valence-electron chi connectivity index (χ0n) is 29.9. The van der Waals surface area contributed by atoms with Crippen molar-refractivity contribution in [2.75, 3.05) is 40.5 Å². The fraction of sp³-hybridized carbons (Fsp3) is 0.743. The number of aliphatic hydroxyl groups is 1. The highest BCUT2D eigenvalue weighted by Crippen LogP contribution is 2.27. The molecule has 1 aromatic carbocycles. The zero-order valence-corrected chi connectivity index (χ0v) is 29.9. The molecule has 0 saturated heterocycles. The van der Waals surface area contributed by atoms with E-state index in [0.29, 0.717) is 49.7 Å². The SMILES string of the molecule is CCCCNC(=O)[C@@H](C[C@H](O)[C@H](C[C@H](CNC(=O)c1ccc(OC)cc1OCCCOC)C(C)C)NC(=O)OC(C)(C)C)C(C)C. The number of hydrogen-bond donors (Lipinski definition) is 4. The third kappa shape index (κ3) is 15.5. The van der Waals surface area contributed by atoms with Crippen LogP contribution in [0.1, 0.15) is 97.9 Å². The Labute approximate surface area is 276 Å². The van der Waals surface area contributed by atoms with Crippen LogP contribution in [0.4, 0.5) is 4.79 Å². The highest BCUT2D eigenvalue weighted by Gasteiger charge is 2.33. The van der Waals surface area contributed by atoms with Crippen LogP contribution in [-0.4, -0.2) is 81.3 Å². The van der Waals surface area contributed by atoms with Crippen molar-refractivity contribution in [1.82, 2.24) is 16.0 Å². The average molecular weight is 652 g/mol. The fourth-order valence-electron chi connectivity index (χ4n) is 4.96. The van der Waals surface area contributed by atoms with Crippen molar-refractivity contribution in [2.24, 2.45) is 23.7 Å². The molecule has 4 atom stereocenters. The first kappa shape index (κ1) is 41.0. The number of ether oxygens (including phenoxy) is 4. The lowest BCUT2D eigenvalue weighted by Crippen LogP contribution is -2.49. The van der Waals surface area contributed by atoms with Crippen LogP contribution in [0.5, 0.6) is 11.5 Å². The summed E-state index contributed by atoms with van der Waals surface area (Å²) in [5.41, 5.74) is -0.357. The molecule has 0 heterocycles. The molecule has 0 aliphatic carbocycles. The number of hydrogen-bond acceptors (Lipinski definition) is 8. The van der Waals surface area contributed by atoms with Gasteiger partial charge in [-0.05, 0) is 69.9 Å². The molecule has 1 rings (SSSR count). The number of carbonyl (C=O) groups excluding carboxylic acids is 3. The zero-order chi connectivity index (χ0) is 34.9. The number of carbonyl (C=O) groups is 3. The molecule has 0 fully saturated rings. The van der Waals surface area contributed by atoms with Gasteiger partial charge in [-0.3, -0.25) is 9.59 Å². The van der Waals surface area contributed by atoms with E-state index in [4.69, 9.17) is 18.9 Å². The van der Waals surface area contributed by atoms with Crippen LogP contribution in [0.2, 0.25) is 0 Å². The minimum Gasteiger partial charge on any atom is -0.497 e. The van der Waals surface area contributed by atoms with E-state index in [1.807, 2.05) is 27.7 Å². The summed E-state index contributed by atoms with van der Waals surface area (Å²) in [6.45, 7) is 17.1. The van der Waals surface area contributed by atoms with Crippen LogP contribution in [-0.2, 0) is 14.3 Å². The first-order chi connectivity index (χ1) is 21.6. The summed E-state index contributed by atoms with van der Waals surface area (Å²) in [5, 5.41) is 20.4. The molecule has 0 bridgehead atoms. The maximum Gasteiger partial charge on any atom is 0.407 e. The van der Waals surface area contributed by atoms with Gasteiger partial charge in [-0.15, -0.1) is 0 Å². The molecule has 264 valence electrons. The lowest BCUT2D eigenvalue weighted by atomic mass is 9.82. The van der Waals surface area contributed by atoms with E-state index in [2.05, 4.69) is 22.9 Å². The number of amides is 3. The second-order valence-corrected chi connectivity index (χ2v) is 13.6. The number of alkyl carbamates (subject to hydrolysis) is 1. The van der Waals surface area contributed by atoms with Gasteiger partial charge in [0, 0.05) is 45.2 Å². The number of nitrogens with one attached hydrogen (secondary N) is 3. The predicted molar refractivity (Wildman–Crippen MR) is 180 cm³/mol. The van der Waals surface area contributed by atoms with Gasteiger partial charge in [-0.1, -0.05) is 41.0 Å². The van der Waals surface area contributed by atoms with Crippen LogP contribution >= 0.6 is 0 Å². The molecule has 4 N–H and O–H groups in total. The maximum atomic E-state index is 13.4. The van der Waals surface area contributed by atoms with E-state index < -0.39 is 29.8 Å². The van der Waals surface area contributed by atoms with Crippen LogP contribution < -0.4 is 25.4 Å². The summed E-state index contributed by atoms with van der Waals surface area (Å²) in [4.78, 5) is 39.3. The van der Waals surface area contributed by atoms with E-state index >= 15 is 0 Å². The largest absolute Gasteiger partial charge is 0.497 e. The minimum atomic E-state index is -1.03. The van der Waals surface area contributed by atoms with Crippen molar-refractivity contribution in [3.8, 4) is 11.5 Å². The smallest absolute Gasteiger partial charge is 0.407 e. The molecular weight excluding hydrogens is 590 g/mol. The molecular formula is C35H61N3O8. The molecule has 0 aromatic heterocycles. The van der Waals surface area contributed by atoms with Crippen molar-refractivity contribution in [3.05, 3.63) is 23.8 Å². The Bertz CT molecular complexity index is 1060. The van der Waals surface area contributed by atoms with Gasteiger partial charge in [0.1, 0.15) is 17.1 Å². The molecule has 1 aromatic rings. The van der Waals surface area contributed by atoms with Gasteiger partial charge in [-0.25, -0.2) is 4.79 Å². The Hall–Kier alpha value is -3.05. The van der Waals surface area contributed by atoms with Crippen molar-refractivity contribution in [1.29, 1.82) is 0 Å². The number of aliphatic hydroxyl groups excluding tert-OH is 1. The first-order valence-electron chi connectivity index (χ1n) is 16.7. The van der Waals surface area contributed by atoms with E-state index in [1.54, 1.807) is 53.2 Å². The standard InChI is InChI=1S/C35H61N3O8/c1-11-12-16-36-33(41)28(24(4)5)21-30(39)29(38-34(42)46-35(6,7)8)19-25(23(2)3)22-37-32(40)27-15-14-26(44-10)20-31(27)45-18-13-17-43-9/h14-15,20,23-25,28-30,39H,11-13,16-19,21-22H2,1-10H3,(H,36,41)(H,37,40)(H,38,42)/t25-,28+,29+,30+/m1/s1. The molecule has 0 unspecified atom stereocenters. The van der Waals surface area contributed by atoms with Crippen LogP contribution in [0.3, 0.4) is 0 Å². The van der Waals surface area contributed by atoms with Gasteiger partial charge >= 0.3 is 6.09 Å². The van der Waals surface area contributed by atoms with Crippen LogP contribution in [0.25, 0.3) is 0 Å². The fourth-order valence-corrected chi connectivity index (χ4v) is 4.96. The summed E-state index contributed by atoms with van der Waals surface area (Å²) in [7, 11) is 3.17. The lowest BCUT2D eigenvalue weighted by molar-refractivity contribution is -0.127. The Balaban J connectivity index is 3.16. The second kappa shape index (κ2) is 20.9. The molecule has 0 radical (unpaired) electrons. The van der Waals surface area contributed by atoms with Gasteiger partial charge in [0.25, 0.3) is 5.91 Å². The van der Waals surface area contributed by atoms with E-state index in [-0.39, 0.29) is 42.5 Å². The summed E-state index contributed by atoms with van der Waals surface area (Å²) in [5.74, 6) is 0.0706. The molecule has 3 amide bonds. The quantitative estimate of drug-likeness (QED) is 0.131. The van der Waals surface area contributed by atoms with E-state index in [0.717, 1.165) is 12.8 Å². The molecule has 46 heavy (non-hydrogen) atoms. The first-order valence-corrected chi connectivity index (χ1v) is 16.7. The third-order valence-electron chi connectivity index (χ3n) is 7.84. The van der Waals surface area contributed by atoms with E-state index in [1.165, 1.54) is 0 Å². The normalized spacial score (nSPS) is 14.3. The van der Waals surface area contributed by atoms with Gasteiger partial charge in [0.05, 0.1) is 31.4 Å². The van der Waals surface area contributed by atoms with Crippen molar-refractivity contribution in [2.45, 2.75) is 105 Å². The topological polar surface area (TPSA) is 144 Å².